The highest BCUT2D eigenvalue weighted by molar-refractivity contribution is 5.25. The minimum Gasteiger partial charge on any atom is -0.469 e. The van der Waals surface area contributed by atoms with Crippen LogP contribution in [0.3, 0.4) is 0 Å². The summed E-state index contributed by atoms with van der Waals surface area (Å²) in [7, 11) is 1.93. The fourth-order valence-electron chi connectivity index (χ4n) is 1.46. The summed E-state index contributed by atoms with van der Waals surface area (Å²) in [6.45, 7) is 4.19. The minimum absolute atomic E-state index is 0.187. The van der Waals surface area contributed by atoms with Gasteiger partial charge in [0.25, 0.3) is 0 Å². The second-order valence-corrected chi connectivity index (χ2v) is 3.70. The molecule has 0 radical (unpaired) electrons. The summed E-state index contributed by atoms with van der Waals surface area (Å²) in [4.78, 5) is 4.40. The minimum atomic E-state index is 0.187. The molecule has 2 rings (SSSR count). The number of hydrogen-bond donors (Lipinski definition) is 1. The predicted molar refractivity (Wildman–Crippen MR) is 57.0 cm³/mol. The van der Waals surface area contributed by atoms with Gasteiger partial charge in [0.2, 0.25) is 5.88 Å². The second-order valence-electron chi connectivity index (χ2n) is 3.70. The fourth-order valence-corrected chi connectivity index (χ4v) is 1.46. The molecule has 0 aliphatic carbocycles. The molecule has 1 aliphatic heterocycles. The third-order valence-corrected chi connectivity index (χ3v) is 2.43. The fraction of sp³-hybridized carbons (Fsp3) is 0.545. The van der Waals surface area contributed by atoms with Gasteiger partial charge in [0.05, 0.1) is 13.2 Å². The van der Waals surface area contributed by atoms with Gasteiger partial charge in [0, 0.05) is 18.3 Å². The van der Waals surface area contributed by atoms with Crippen LogP contribution >= 0.6 is 0 Å². The Morgan fingerprint density at radius 3 is 2.87 bits per heavy atom. The number of pyridine rings is 1. The molecule has 1 aromatic heterocycles. The first-order chi connectivity index (χ1) is 7.29. The van der Waals surface area contributed by atoms with Crippen molar-refractivity contribution in [3.8, 4) is 5.88 Å². The van der Waals surface area contributed by atoms with Gasteiger partial charge in [-0.05, 0) is 19.5 Å². The maximum Gasteiger partial charge on any atom is 0.213 e. The van der Waals surface area contributed by atoms with Crippen molar-refractivity contribution in [3.05, 3.63) is 23.4 Å². The van der Waals surface area contributed by atoms with Gasteiger partial charge in [0.1, 0.15) is 6.10 Å². The molecule has 0 aromatic carbocycles. The van der Waals surface area contributed by atoms with Crippen LogP contribution in [0, 0.1) is 6.92 Å². The highest BCUT2D eigenvalue weighted by atomic mass is 16.6. The number of rotatable bonds is 4. The monoisotopic (exact) mass is 208 g/mol. The zero-order chi connectivity index (χ0) is 10.7. The lowest BCUT2D eigenvalue weighted by molar-refractivity contribution is -0.0813. The smallest absolute Gasteiger partial charge is 0.213 e. The third-order valence-electron chi connectivity index (χ3n) is 2.43. The molecule has 1 N–H and O–H groups in total. The molecule has 15 heavy (non-hydrogen) atoms. The summed E-state index contributed by atoms with van der Waals surface area (Å²) in [5.41, 5.74) is 2.22. The van der Waals surface area contributed by atoms with Crippen molar-refractivity contribution >= 4 is 0 Å². The van der Waals surface area contributed by atoms with Gasteiger partial charge < -0.3 is 14.8 Å². The van der Waals surface area contributed by atoms with E-state index in [2.05, 4.69) is 10.3 Å². The number of hydrogen-bond acceptors (Lipinski definition) is 4. The van der Waals surface area contributed by atoms with Crippen molar-refractivity contribution in [1.29, 1.82) is 0 Å². The molecule has 1 fully saturated rings. The average Bonchev–Trinajstić information content (AvgIpc) is 2.16. The van der Waals surface area contributed by atoms with E-state index in [0.717, 1.165) is 12.2 Å². The SMILES string of the molecule is CNCc1ccc(OC2COC2)nc1C. The topological polar surface area (TPSA) is 43.4 Å². The lowest BCUT2D eigenvalue weighted by Crippen LogP contribution is -2.38. The van der Waals surface area contributed by atoms with Crippen molar-refractivity contribution < 1.29 is 9.47 Å². The largest absolute Gasteiger partial charge is 0.469 e. The summed E-state index contributed by atoms with van der Waals surface area (Å²) in [6, 6.07) is 3.96. The van der Waals surface area contributed by atoms with Crippen LogP contribution in [0.15, 0.2) is 12.1 Å². The van der Waals surface area contributed by atoms with E-state index in [9.17, 15) is 0 Å². The molecule has 0 spiro atoms. The van der Waals surface area contributed by atoms with E-state index in [1.54, 1.807) is 0 Å². The molecule has 0 bridgehead atoms. The van der Waals surface area contributed by atoms with Crippen LogP contribution in [0.2, 0.25) is 0 Å². The van der Waals surface area contributed by atoms with Crippen LogP contribution < -0.4 is 10.1 Å². The summed E-state index contributed by atoms with van der Waals surface area (Å²) in [6.07, 6.45) is 0.187. The summed E-state index contributed by atoms with van der Waals surface area (Å²) in [5, 5.41) is 3.11. The van der Waals surface area contributed by atoms with Crippen molar-refractivity contribution in [2.24, 2.45) is 0 Å². The normalized spacial score (nSPS) is 16.1. The quantitative estimate of drug-likeness (QED) is 0.798. The van der Waals surface area contributed by atoms with E-state index in [4.69, 9.17) is 9.47 Å². The van der Waals surface area contributed by atoms with Crippen molar-refractivity contribution in [3.63, 3.8) is 0 Å². The van der Waals surface area contributed by atoms with Gasteiger partial charge in [-0.1, -0.05) is 6.07 Å². The molecule has 1 saturated heterocycles. The van der Waals surface area contributed by atoms with Crippen LogP contribution in [-0.2, 0) is 11.3 Å². The first-order valence-corrected chi connectivity index (χ1v) is 5.15. The Balaban J connectivity index is 2.03. The lowest BCUT2D eigenvalue weighted by Gasteiger charge is -2.26. The van der Waals surface area contributed by atoms with E-state index >= 15 is 0 Å². The summed E-state index contributed by atoms with van der Waals surface area (Å²) in [5.74, 6) is 0.695. The molecule has 0 atom stereocenters. The predicted octanol–water partition coefficient (Wildman–Crippen LogP) is 0.887. The van der Waals surface area contributed by atoms with Gasteiger partial charge in [-0.2, -0.15) is 0 Å². The number of ether oxygens (including phenoxy) is 2. The van der Waals surface area contributed by atoms with E-state index in [1.165, 1.54) is 5.56 Å². The maximum atomic E-state index is 5.61. The lowest BCUT2D eigenvalue weighted by atomic mass is 10.2. The Bertz CT molecular complexity index is 337. The first-order valence-electron chi connectivity index (χ1n) is 5.15. The first kappa shape index (κ1) is 10.4. The number of aromatic nitrogens is 1. The van der Waals surface area contributed by atoms with Crippen LogP contribution in [0.1, 0.15) is 11.3 Å². The van der Waals surface area contributed by atoms with Crippen molar-refractivity contribution in [1.82, 2.24) is 10.3 Å². The Morgan fingerprint density at radius 2 is 2.33 bits per heavy atom. The van der Waals surface area contributed by atoms with E-state index < -0.39 is 0 Å². The molecule has 4 nitrogen and oxygen atoms in total. The highest BCUT2D eigenvalue weighted by Gasteiger charge is 2.20. The molecule has 1 aliphatic rings. The summed E-state index contributed by atoms with van der Waals surface area (Å²) >= 11 is 0. The van der Waals surface area contributed by atoms with Gasteiger partial charge in [-0.25, -0.2) is 4.98 Å². The van der Waals surface area contributed by atoms with Crippen LogP contribution in [0.4, 0.5) is 0 Å². The zero-order valence-electron chi connectivity index (χ0n) is 9.12. The second kappa shape index (κ2) is 4.59. The molecular formula is C11H16N2O2. The van der Waals surface area contributed by atoms with Crippen molar-refractivity contribution in [2.75, 3.05) is 20.3 Å². The number of aryl methyl sites for hydroxylation is 1. The molecule has 0 amide bonds. The maximum absolute atomic E-state index is 5.61. The highest BCUT2D eigenvalue weighted by Crippen LogP contribution is 2.16. The van der Waals surface area contributed by atoms with Crippen LogP contribution in [0.25, 0.3) is 0 Å². The Kier molecular flexibility index (Phi) is 3.18. The standard InChI is InChI=1S/C11H16N2O2/c1-8-9(5-12-2)3-4-11(13-8)15-10-6-14-7-10/h3-4,10,12H,5-7H2,1-2H3. The van der Waals surface area contributed by atoms with E-state index in [0.29, 0.717) is 19.1 Å². The number of nitrogens with zero attached hydrogens (tertiary/aromatic N) is 1. The van der Waals surface area contributed by atoms with Crippen LogP contribution in [-0.4, -0.2) is 31.3 Å². The van der Waals surface area contributed by atoms with Gasteiger partial charge >= 0.3 is 0 Å². The molecule has 4 heteroatoms. The Morgan fingerprint density at radius 1 is 1.53 bits per heavy atom. The third kappa shape index (κ3) is 2.46. The van der Waals surface area contributed by atoms with Gasteiger partial charge in [-0.3, -0.25) is 0 Å². The molecule has 0 saturated carbocycles. The van der Waals surface area contributed by atoms with E-state index in [1.807, 2.05) is 26.1 Å². The molecule has 2 heterocycles. The van der Waals surface area contributed by atoms with Gasteiger partial charge in [0.15, 0.2) is 0 Å². The molecule has 82 valence electrons. The zero-order valence-corrected chi connectivity index (χ0v) is 9.12. The average molecular weight is 208 g/mol. The number of nitrogens with one attached hydrogen (secondary N) is 1. The van der Waals surface area contributed by atoms with Crippen molar-refractivity contribution in [2.45, 2.75) is 19.6 Å². The van der Waals surface area contributed by atoms with E-state index in [-0.39, 0.29) is 6.10 Å². The molecule has 0 unspecified atom stereocenters. The Hall–Kier alpha value is -1.13. The Labute approximate surface area is 89.6 Å². The molecular weight excluding hydrogens is 192 g/mol. The van der Waals surface area contributed by atoms with Crippen LogP contribution in [0.5, 0.6) is 5.88 Å². The summed E-state index contributed by atoms with van der Waals surface area (Å²) < 4.78 is 10.6. The molecule has 1 aromatic rings. The van der Waals surface area contributed by atoms with Gasteiger partial charge in [-0.15, -0.1) is 0 Å².